The first-order chi connectivity index (χ1) is 3.27. The Balaban J connectivity index is 0. The average Bonchev–Trinajstić information content (AvgIpc) is 1.73. The second-order valence-electron chi connectivity index (χ2n) is 0.542. The number of carbonyl (C=O) groups is 1. The molecular weight excluding hydrogens is 94.0 g/mol. The summed E-state index contributed by atoms with van der Waals surface area (Å²) in [7, 11) is 1.50. The summed E-state index contributed by atoms with van der Waals surface area (Å²) < 4.78 is 0. The largest absolute Gasteiger partial charge is 0.478 e. The topological polar surface area (TPSA) is 63.3 Å². The molecule has 0 rings (SSSR count). The molecule has 7 heavy (non-hydrogen) atoms. The molecule has 0 fully saturated rings. The highest BCUT2D eigenvalue weighted by atomic mass is 16.4. The molecule has 0 saturated heterocycles. The molecule has 0 heterocycles. The SMILES string of the molecule is C=CC(=O)O.CN. The zero-order valence-electron chi connectivity index (χ0n) is 4.22. The summed E-state index contributed by atoms with van der Waals surface area (Å²) in [6, 6.07) is 0. The van der Waals surface area contributed by atoms with Gasteiger partial charge in [0.05, 0.1) is 0 Å². The van der Waals surface area contributed by atoms with E-state index in [0.717, 1.165) is 6.08 Å². The van der Waals surface area contributed by atoms with Gasteiger partial charge in [-0.1, -0.05) is 6.58 Å². The summed E-state index contributed by atoms with van der Waals surface area (Å²) in [5, 5.41) is 7.60. The van der Waals surface area contributed by atoms with Crippen molar-refractivity contribution < 1.29 is 9.90 Å². The van der Waals surface area contributed by atoms with Crippen LogP contribution in [0, 0.1) is 0 Å². The molecular formula is C4H9NO2. The van der Waals surface area contributed by atoms with Gasteiger partial charge in [0, 0.05) is 6.08 Å². The molecule has 0 aromatic rings. The van der Waals surface area contributed by atoms with Crippen LogP contribution in [0.15, 0.2) is 12.7 Å². The number of aliphatic carboxylic acids is 1. The van der Waals surface area contributed by atoms with Gasteiger partial charge in [-0.25, -0.2) is 4.79 Å². The third-order valence-corrected chi connectivity index (χ3v) is 0.175. The van der Waals surface area contributed by atoms with Crippen LogP contribution < -0.4 is 5.73 Å². The zero-order chi connectivity index (χ0) is 6.28. The van der Waals surface area contributed by atoms with E-state index in [1.165, 1.54) is 7.05 Å². The fourth-order valence-corrected chi connectivity index (χ4v) is 0. The van der Waals surface area contributed by atoms with Crippen LogP contribution in [0.3, 0.4) is 0 Å². The maximum Gasteiger partial charge on any atom is 0.327 e. The molecule has 3 nitrogen and oxygen atoms in total. The van der Waals surface area contributed by atoms with Crippen LogP contribution >= 0.6 is 0 Å². The van der Waals surface area contributed by atoms with Gasteiger partial charge in [0.2, 0.25) is 0 Å². The van der Waals surface area contributed by atoms with Crippen molar-refractivity contribution in [3.63, 3.8) is 0 Å². The molecule has 0 spiro atoms. The Labute approximate surface area is 42.4 Å². The van der Waals surface area contributed by atoms with E-state index in [9.17, 15) is 4.79 Å². The summed E-state index contributed by atoms with van der Waals surface area (Å²) >= 11 is 0. The van der Waals surface area contributed by atoms with Crippen molar-refractivity contribution >= 4 is 5.97 Å². The normalized spacial score (nSPS) is 5.43. The van der Waals surface area contributed by atoms with Crippen LogP contribution in [-0.2, 0) is 4.79 Å². The predicted molar refractivity (Wildman–Crippen MR) is 27.9 cm³/mol. The van der Waals surface area contributed by atoms with Crippen molar-refractivity contribution in [1.29, 1.82) is 0 Å². The molecule has 0 aliphatic heterocycles. The van der Waals surface area contributed by atoms with Gasteiger partial charge in [0.1, 0.15) is 0 Å². The van der Waals surface area contributed by atoms with Crippen LogP contribution in [0.2, 0.25) is 0 Å². The Morgan fingerprint density at radius 2 is 2.00 bits per heavy atom. The van der Waals surface area contributed by atoms with Gasteiger partial charge in [-0.15, -0.1) is 0 Å². The third kappa shape index (κ3) is 38.0. The van der Waals surface area contributed by atoms with Gasteiger partial charge in [0.25, 0.3) is 0 Å². The third-order valence-electron chi connectivity index (χ3n) is 0.175. The fourth-order valence-electron chi connectivity index (χ4n) is 0. The Morgan fingerprint density at radius 3 is 2.00 bits per heavy atom. The summed E-state index contributed by atoms with van der Waals surface area (Å²) in [6.45, 7) is 2.96. The number of rotatable bonds is 1. The minimum absolute atomic E-state index is 0.833. The molecule has 0 amide bonds. The van der Waals surface area contributed by atoms with Crippen molar-refractivity contribution in [1.82, 2.24) is 0 Å². The van der Waals surface area contributed by atoms with E-state index in [4.69, 9.17) is 5.11 Å². The highest BCUT2D eigenvalue weighted by Gasteiger charge is 1.73. The Morgan fingerprint density at radius 1 is 1.86 bits per heavy atom. The lowest BCUT2D eigenvalue weighted by atomic mass is 10.7. The van der Waals surface area contributed by atoms with Gasteiger partial charge < -0.3 is 10.8 Å². The van der Waals surface area contributed by atoms with E-state index in [0.29, 0.717) is 0 Å². The lowest BCUT2D eigenvalue weighted by molar-refractivity contribution is -0.131. The number of carboxylic acids is 1. The van der Waals surface area contributed by atoms with Crippen LogP contribution in [0.4, 0.5) is 0 Å². The van der Waals surface area contributed by atoms with Gasteiger partial charge in [-0.3, -0.25) is 0 Å². The van der Waals surface area contributed by atoms with Gasteiger partial charge in [-0.05, 0) is 7.05 Å². The molecule has 0 aliphatic rings. The van der Waals surface area contributed by atoms with Crippen LogP contribution in [0.5, 0.6) is 0 Å². The number of hydrogen-bond acceptors (Lipinski definition) is 2. The predicted octanol–water partition coefficient (Wildman–Crippen LogP) is -0.168. The molecule has 0 aliphatic carbocycles. The molecule has 3 heteroatoms. The van der Waals surface area contributed by atoms with E-state index in [1.807, 2.05) is 0 Å². The van der Waals surface area contributed by atoms with Crippen molar-refractivity contribution in [3.05, 3.63) is 12.7 Å². The summed E-state index contributed by atoms with van der Waals surface area (Å²) in [6.07, 6.45) is 0.833. The summed E-state index contributed by atoms with van der Waals surface area (Å²) in [5.74, 6) is -0.981. The molecule has 0 radical (unpaired) electrons. The van der Waals surface area contributed by atoms with Crippen molar-refractivity contribution in [2.45, 2.75) is 0 Å². The average molecular weight is 103 g/mol. The summed E-state index contributed by atoms with van der Waals surface area (Å²) in [5.41, 5.74) is 4.50. The fraction of sp³-hybridized carbons (Fsp3) is 0.250. The number of hydrogen-bond donors (Lipinski definition) is 2. The maximum absolute atomic E-state index is 9.25. The number of nitrogens with two attached hydrogens (primary N) is 1. The van der Waals surface area contributed by atoms with E-state index in [2.05, 4.69) is 12.3 Å². The maximum atomic E-state index is 9.25. The molecule has 0 atom stereocenters. The Bertz CT molecular complexity index is 60.7. The second-order valence-corrected chi connectivity index (χ2v) is 0.542. The van der Waals surface area contributed by atoms with Crippen molar-refractivity contribution in [2.75, 3.05) is 7.05 Å². The molecule has 42 valence electrons. The minimum atomic E-state index is -0.981. The van der Waals surface area contributed by atoms with E-state index in [1.54, 1.807) is 0 Å². The first-order valence-corrected chi connectivity index (χ1v) is 1.70. The number of carboxylic acid groups (broad SMARTS) is 1. The lowest BCUT2D eigenvalue weighted by Gasteiger charge is -1.64. The molecule has 3 N–H and O–H groups in total. The standard InChI is InChI=1S/C3H4O2.CH5N/c1-2-3(4)5;1-2/h2H,1H2,(H,4,5);2H2,1H3. The Hall–Kier alpha value is -0.830. The van der Waals surface area contributed by atoms with Crippen LogP contribution in [0.1, 0.15) is 0 Å². The van der Waals surface area contributed by atoms with Crippen LogP contribution in [-0.4, -0.2) is 18.1 Å². The van der Waals surface area contributed by atoms with Crippen LogP contribution in [0.25, 0.3) is 0 Å². The zero-order valence-corrected chi connectivity index (χ0v) is 4.22. The Kier molecular flexibility index (Phi) is 12.1. The molecule has 0 saturated carbocycles. The first kappa shape index (κ1) is 9.48. The molecule has 0 bridgehead atoms. The van der Waals surface area contributed by atoms with Gasteiger partial charge >= 0.3 is 5.97 Å². The smallest absolute Gasteiger partial charge is 0.327 e. The molecule has 0 aromatic carbocycles. The lowest BCUT2D eigenvalue weighted by Crippen LogP contribution is -1.82. The quantitative estimate of drug-likeness (QED) is 0.453. The minimum Gasteiger partial charge on any atom is -0.478 e. The highest BCUT2D eigenvalue weighted by molar-refractivity contribution is 5.78. The second kappa shape index (κ2) is 8.95. The van der Waals surface area contributed by atoms with Gasteiger partial charge in [-0.2, -0.15) is 0 Å². The van der Waals surface area contributed by atoms with E-state index < -0.39 is 5.97 Å². The van der Waals surface area contributed by atoms with Crippen molar-refractivity contribution in [3.8, 4) is 0 Å². The van der Waals surface area contributed by atoms with Crippen molar-refractivity contribution in [2.24, 2.45) is 5.73 Å². The summed E-state index contributed by atoms with van der Waals surface area (Å²) in [4.78, 5) is 9.25. The highest BCUT2D eigenvalue weighted by Crippen LogP contribution is 1.54. The molecule has 0 aromatic heterocycles. The first-order valence-electron chi connectivity index (χ1n) is 1.70. The van der Waals surface area contributed by atoms with E-state index >= 15 is 0 Å². The van der Waals surface area contributed by atoms with E-state index in [-0.39, 0.29) is 0 Å². The van der Waals surface area contributed by atoms with Gasteiger partial charge in [0.15, 0.2) is 0 Å². The molecule has 0 unspecified atom stereocenters. The monoisotopic (exact) mass is 103 g/mol.